The Kier molecular flexibility index (Phi) is 4.73. The number of anilines is 2. The molecule has 17 heavy (non-hydrogen) atoms. The zero-order valence-corrected chi connectivity index (χ0v) is 9.65. The van der Waals surface area contributed by atoms with Crippen LogP contribution in [0.5, 0.6) is 6.01 Å². The fraction of sp³-hybridized carbons (Fsp3) is 0.500. The Labute approximate surface area is 98.2 Å². The minimum absolute atomic E-state index is 0.203. The van der Waals surface area contributed by atoms with Gasteiger partial charge >= 0.3 is 12.0 Å². The molecule has 5 N–H and O–H groups in total. The molecule has 1 heterocycles. The molecule has 94 valence electrons. The number of hydrogen-bond acceptors (Lipinski definition) is 7. The highest BCUT2D eigenvalue weighted by atomic mass is 16.5. The van der Waals surface area contributed by atoms with Gasteiger partial charge in [-0.25, -0.2) is 4.79 Å². The molecule has 0 saturated heterocycles. The third-order valence-corrected chi connectivity index (χ3v) is 1.73. The Bertz CT molecular complexity index is 362. The van der Waals surface area contributed by atoms with Crippen molar-refractivity contribution in [2.24, 2.45) is 5.73 Å². The second-order valence-corrected chi connectivity index (χ2v) is 2.94. The van der Waals surface area contributed by atoms with Crippen LogP contribution in [0.25, 0.3) is 0 Å². The van der Waals surface area contributed by atoms with E-state index in [1.165, 1.54) is 7.11 Å². The van der Waals surface area contributed by atoms with Gasteiger partial charge in [-0.1, -0.05) is 0 Å². The van der Waals surface area contributed by atoms with Crippen LogP contribution >= 0.6 is 0 Å². The minimum atomic E-state index is -0.573. The Morgan fingerprint density at radius 1 is 1.29 bits per heavy atom. The van der Waals surface area contributed by atoms with Gasteiger partial charge in [0.15, 0.2) is 0 Å². The minimum Gasteiger partial charge on any atom is -0.467 e. The van der Waals surface area contributed by atoms with Gasteiger partial charge in [-0.05, 0) is 0 Å². The van der Waals surface area contributed by atoms with E-state index >= 15 is 0 Å². The summed E-state index contributed by atoms with van der Waals surface area (Å²) in [4.78, 5) is 22.4. The van der Waals surface area contributed by atoms with Gasteiger partial charge in [-0.15, -0.1) is 0 Å². The number of ether oxygens (including phenoxy) is 1. The molecular weight excluding hydrogens is 226 g/mol. The van der Waals surface area contributed by atoms with E-state index < -0.39 is 6.03 Å². The number of rotatable bonds is 6. The van der Waals surface area contributed by atoms with Crippen LogP contribution in [0.3, 0.4) is 0 Å². The molecule has 1 rings (SSSR count). The van der Waals surface area contributed by atoms with Gasteiger partial charge < -0.3 is 26.4 Å². The number of amides is 2. The van der Waals surface area contributed by atoms with Crippen LogP contribution in [0.15, 0.2) is 0 Å². The van der Waals surface area contributed by atoms with Crippen LogP contribution in [-0.4, -0.2) is 48.2 Å². The lowest BCUT2D eigenvalue weighted by atomic mass is 10.6. The van der Waals surface area contributed by atoms with Gasteiger partial charge in [0.1, 0.15) is 0 Å². The molecular formula is C8H15N7O2. The van der Waals surface area contributed by atoms with Gasteiger partial charge in [0.25, 0.3) is 0 Å². The van der Waals surface area contributed by atoms with E-state index in [2.05, 4.69) is 30.9 Å². The van der Waals surface area contributed by atoms with E-state index in [1.807, 2.05) is 0 Å². The third-order valence-electron chi connectivity index (χ3n) is 1.73. The van der Waals surface area contributed by atoms with Crippen molar-refractivity contribution in [3.63, 3.8) is 0 Å². The molecule has 0 radical (unpaired) electrons. The SMILES string of the molecule is CNc1nc(NCCNC(N)=O)nc(OC)n1. The van der Waals surface area contributed by atoms with Crippen molar-refractivity contribution in [2.75, 3.05) is 37.9 Å². The first kappa shape index (κ1) is 12.7. The Morgan fingerprint density at radius 3 is 2.59 bits per heavy atom. The number of carbonyl (C=O) groups excluding carboxylic acids is 1. The number of carbonyl (C=O) groups is 1. The number of hydrogen-bond donors (Lipinski definition) is 4. The first-order valence-electron chi connectivity index (χ1n) is 4.90. The average Bonchev–Trinajstić information content (AvgIpc) is 2.34. The number of nitrogens with one attached hydrogen (secondary N) is 3. The molecule has 9 heteroatoms. The van der Waals surface area contributed by atoms with E-state index in [4.69, 9.17) is 10.5 Å². The smallest absolute Gasteiger partial charge is 0.322 e. The number of urea groups is 1. The number of primary amides is 1. The fourth-order valence-electron chi connectivity index (χ4n) is 0.999. The summed E-state index contributed by atoms with van der Waals surface area (Å²) >= 11 is 0. The van der Waals surface area contributed by atoms with Crippen LogP contribution in [0.4, 0.5) is 16.7 Å². The summed E-state index contributed by atoms with van der Waals surface area (Å²) in [5, 5.41) is 8.11. The van der Waals surface area contributed by atoms with E-state index in [0.717, 1.165) is 0 Å². The molecule has 0 saturated carbocycles. The maximum atomic E-state index is 10.4. The van der Waals surface area contributed by atoms with Crippen molar-refractivity contribution in [1.29, 1.82) is 0 Å². The third kappa shape index (κ3) is 4.36. The molecule has 2 amide bonds. The summed E-state index contributed by atoms with van der Waals surface area (Å²) in [6.07, 6.45) is 0. The first-order valence-corrected chi connectivity index (χ1v) is 4.90. The lowest BCUT2D eigenvalue weighted by Gasteiger charge is -2.07. The Balaban J connectivity index is 2.54. The van der Waals surface area contributed by atoms with Crippen molar-refractivity contribution >= 4 is 17.9 Å². The zero-order valence-electron chi connectivity index (χ0n) is 9.65. The highest BCUT2D eigenvalue weighted by molar-refractivity contribution is 5.71. The topological polar surface area (TPSA) is 127 Å². The maximum Gasteiger partial charge on any atom is 0.322 e. The van der Waals surface area contributed by atoms with Crippen molar-refractivity contribution in [2.45, 2.75) is 0 Å². The quantitative estimate of drug-likeness (QED) is 0.470. The Hall–Kier alpha value is -2.32. The predicted molar refractivity (Wildman–Crippen MR) is 62.0 cm³/mol. The predicted octanol–water partition coefficient (Wildman–Crippen LogP) is -0.998. The van der Waals surface area contributed by atoms with Gasteiger partial charge in [0, 0.05) is 20.1 Å². The highest BCUT2D eigenvalue weighted by Gasteiger charge is 2.04. The van der Waals surface area contributed by atoms with E-state index in [1.54, 1.807) is 7.05 Å². The molecule has 0 atom stereocenters. The van der Waals surface area contributed by atoms with Crippen LogP contribution in [-0.2, 0) is 0 Å². The number of nitrogens with two attached hydrogens (primary N) is 1. The van der Waals surface area contributed by atoms with Gasteiger partial charge in [-0.3, -0.25) is 0 Å². The zero-order chi connectivity index (χ0) is 12.7. The van der Waals surface area contributed by atoms with Crippen molar-refractivity contribution < 1.29 is 9.53 Å². The Morgan fingerprint density at radius 2 is 2.00 bits per heavy atom. The van der Waals surface area contributed by atoms with Gasteiger partial charge in [-0.2, -0.15) is 15.0 Å². The standard InChI is InChI=1S/C8H15N7O2/c1-10-6-13-7(15-8(14-6)17-2)12-4-3-11-5(9)16/h3-4H2,1-2H3,(H3,9,11,16)(H2,10,12,13,14,15). The molecule has 0 bridgehead atoms. The molecule has 0 aliphatic carbocycles. The lowest BCUT2D eigenvalue weighted by Crippen LogP contribution is -2.33. The second-order valence-electron chi connectivity index (χ2n) is 2.94. The van der Waals surface area contributed by atoms with E-state index in [9.17, 15) is 4.79 Å². The molecule has 9 nitrogen and oxygen atoms in total. The van der Waals surface area contributed by atoms with Gasteiger partial charge in [0.05, 0.1) is 7.11 Å². The molecule has 0 aliphatic heterocycles. The van der Waals surface area contributed by atoms with Crippen molar-refractivity contribution in [1.82, 2.24) is 20.3 Å². The maximum absolute atomic E-state index is 10.4. The molecule has 0 unspecified atom stereocenters. The van der Waals surface area contributed by atoms with E-state index in [-0.39, 0.29) is 6.01 Å². The summed E-state index contributed by atoms with van der Waals surface area (Å²) < 4.78 is 4.91. The van der Waals surface area contributed by atoms with Crippen molar-refractivity contribution in [3.8, 4) is 6.01 Å². The van der Waals surface area contributed by atoms with Crippen LogP contribution in [0.2, 0.25) is 0 Å². The summed E-state index contributed by atoms with van der Waals surface area (Å²) in [5.74, 6) is 0.745. The largest absolute Gasteiger partial charge is 0.467 e. The number of nitrogens with zero attached hydrogens (tertiary/aromatic N) is 3. The monoisotopic (exact) mass is 241 g/mol. The number of methoxy groups -OCH3 is 1. The summed E-state index contributed by atoms with van der Waals surface area (Å²) in [5.41, 5.74) is 4.91. The number of aromatic nitrogens is 3. The van der Waals surface area contributed by atoms with Crippen LogP contribution < -0.4 is 26.4 Å². The fourth-order valence-corrected chi connectivity index (χ4v) is 0.999. The second kappa shape index (κ2) is 6.30. The normalized spacial score (nSPS) is 9.53. The summed E-state index contributed by atoms with van der Waals surface area (Å²) in [7, 11) is 3.15. The van der Waals surface area contributed by atoms with Crippen LogP contribution in [0, 0.1) is 0 Å². The molecule has 0 aromatic carbocycles. The average molecular weight is 241 g/mol. The molecule has 0 fully saturated rings. The summed E-state index contributed by atoms with van der Waals surface area (Å²) in [6.45, 7) is 0.817. The molecule has 1 aromatic heterocycles. The molecule has 0 aliphatic rings. The first-order chi connectivity index (χ1) is 8.15. The molecule has 0 spiro atoms. The highest BCUT2D eigenvalue weighted by Crippen LogP contribution is 2.09. The summed E-state index contributed by atoms with van der Waals surface area (Å²) in [6, 6.07) is -0.370. The molecule has 1 aromatic rings. The van der Waals surface area contributed by atoms with E-state index in [0.29, 0.717) is 25.0 Å². The van der Waals surface area contributed by atoms with Crippen molar-refractivity contribution in [3.05, 3.63) is 0 Å². The van der Waals surface area contributed by atoms with Gasteiger partial charge in [0.2, 0.25) is 11.9 Å². The van der Waals surface area contributed by atoms with Crippen LogP contribution in [0.1, 0.15) is 0 Å². The lowest BCUT2D eigenvalue weighted by molar-refractivity contribution is 0.249.